The molecule has 5 heteroatoms. The van der Waals surface area contributed by atoms with Crippen LogP contribution in [0.4, 0.5) is 11.4 Å². The first-order valence-electron chi connectivity index (χ1n) is 6.25. The van der Waals surface area contributed by atoms with Gasteiger partial charge in [0, 0.05) is 24.8 Å². The number of oxazole rings is 1. The predicted molar refractivity (Wildman–Crippen MR) is 72.6 cm³/mol. The Balaban J connectivity index is 1.81. The summed E-state index contributed by atoms with van der Waals surface area (Å²) >= 11 is 0. The summed E-state index contributed by atoms with van der Waals surface area (Å²) in [6.07, 6.45) is 0.986. The number of anilines is 2. The van der Waals surface area contributed by atoms with Gasteiger partial charge in [0.2, 0.25) is 5.76 Å². The molecule has 3 rings (SSSR count). The second kappa shape index (κ2) is 4.42. The van der Waals surface area contributed by atoms with Crippen LogP contribution in [0.25, 0.3) is 0 Å². The van der Waals surface area contributed by atoms with Gasteiger partial charge in [-0.1, -0.05) is 0 Å². The molecule has 0 aliphatic carbocycles. The summed E-state index contributed by atoms with van der Waals surface area (Å²) < 4.78 is 5.31. The summed E-state index contributed by atoms with van der Waals surface area (Å²) in [4.78, 5) is 16.2. The molecule has 2 aromatic rings. The predicted octanol–water partition coefficient (Wildman–Crippen LogP) is 2.51. The summed E-state index contributed by atoms with van der Waals surface area (Å²) in [5.74, 6) is 0.515. The Kier molecular flexibility index (Phi) is 2.74. The van der Waals surface area contributed by atoms with Crippen LogP contribution < -0.4 is 10.6 Å². The molecule has 0 radical (unpaired) electrons. The van der Waals surface area contributed by atoms with Gasteiger partial charge in [0.25, 0.3) is 5.91 Å². The maximum absolute atomic E-state index is 12.1. The molecule has 5 nitrogen and oxygen atoms in total. The molecule has 0 fully saturated rings. The molecule has 1 aromatic carbocycles. The first kappa shape index (κ1) is 11.8. The minimum atomic E-state index is -0.260. The average molecular weight is 257 g/mol. The zero-order valence-corrected chi connectivity index (χ0v) is 10.9. The normalized spacial score (nSPS) is 12.9. The molecule has 1 aliphatic rings. The summed E-state index contributed by atoms with van der Waals surface area (Å²) in [6.45, 7) is 4.44. The number of carbonyl (C=O) groups is 1. The standard InChI is InChI=1S/C14H15N3O2/c1-8-13(19-9(2)16-8)14(18)17-11-3-4-12-10(7-11)5-6-15-12/h3-4,7,15H,5-6H2,1-2H3,(H,17,18). The van der Waals surface area contributed by atoms with Crippen LogP contribution in [-0.4, -0.2) is 17.4 Å². The quantitative estimate of drug-likeness (QED) is 0.867. The maximum atomic E-state index is 12.1. The van der Waals surface area contributed by atoms with E-state index in [-0.39, 0.29) is 11.7 Å². The number of rotatable bonds is 2. The fourth-order valence-electron chi connectivity index (χ4n) is 2.31. The molecule has 0 spiro atoms. The van der Waals surface area contributed by atoms with Crippen molar-refractivity contribution in [3.63, 3.8) is 0 Å². The lowest BCUT2D eigenvalue weighted by molar-refractivity contribution is 0.0994. The van der Waals surface area contributed by atoms with Crippen molar-refractivity contribution in [1.29, 1.82) is 0 Å². The fourth-order valence-corrected chi connectivity index (χ4v) is 2.31. The lowest BCUT2D eigenvalue weighted by Crippen LogP contribution is -2.12. The number of amides is 1. The Labute approximate surface area is 111 Å². The van der Waals surface area contributed by atoms with Crippen molar-refractivity contribution in [3.05, 3.63) is 41.1 Å². The van der Waals surface area contributed by atoms with E-state index < -0.39 is 0 Å². The molecule has 0 saturated carbocycles. The van der Waals surface area contributed by atoms with Crippen LogP contribution >= 0.6 is 0 Å². The molecule has 0 saturated heterocycles. The minimum Gasteiger partial charge on any atom is -0.436 e. The van der Waals surface area contributed by atoms with Crippen LogP contribution in [-0.2, 0) is 6.42 Å². The van der Waals surface area contributed by atoms with Crippen molar-refractivity contribution < 1.29 is 9.21 Å². The molecular formula is C14H15N3O2. The zero-order chi connectivity index (χ0) is 13.4. The van der Waals surface area contributed by atoms with Crippen molar-refractivity contribution in [3.8, 4) is 0 Å². The van der Waals surface area contributed by atoms with E-state index in [9.17, 15) is 4.79 Å². The van der Waals surface area contributed by atoms with Gasteiger partial charge in [-0.3, -0.25) is 4.79 Å². The Hall–Kier alpha value is -2.30. The molecule has 0 unspecified atom stereocenters. The molecule has 1 amide bonds. The van der Waals surface area contributed by atoms with Crippen LogP contribution in [0.15, 0.2) is 22.6 Å². The van der Waals surface area contributed by atoms with Gasteiger partial charge >= 0.3 is 0 Å². The third-order valence-corrected chi connectivity index (χ3v) is 3.18. The molecule has 98 valence electrons. The van der Waals surface area contributed by atoms with E-state index in [1.807, 2.05) is 18.2 Å². The molecule has 0 bridgehead atoms. The lowest BCUT2D eigenvalue weighted by Gasteiger charge is -2.06. The minimum absolute atomic E-state index is 0.260. The number of nitrogens with zero attached hydrogens (tertiary/aromatic N) is 1. The molecule has 1 aromatic heterocycles. The first-order chi connectivity index (χ1) is 9.13. The highest BCUT2D eigenvalue weighted by atomic mass is 16.4. The lowest BCUT2D eigenvalue weighted by atomic mass is 10.1. The van der Waals surface area contributed by atoms with Crippen molar-refractivity contribution in [2.75, 3.05) is 17.2 Å². The van der Waals surface area contributed by atoms with Gasteiger partial charge in [-0.25, -0.2) is 4.98 Å². The van der Waals surface area contributed by atoms with E-state index in [1.54, 1.807) is 13.8 Å². The van der Waals surface area contributed by atoms with E-state index in [0.717, 1.165) is 24.3 Å². The second-order valence-corrected chi connectivity index (χ2v) is 4.65. The van der Waals surface area contributed by atoms with Crippen molar-refractivity contribution >= 4 is 17.3 Å². The highest BCUT2D eigenvalue weighted by Gasteiger charge is 2.17. The SMILES string of the molecule is Cc1nc(C)c(C(=O)Nc2ccc3c(c2)CCN3)o1. The largest absolute Gasteiger partial charge is 0.436 e. The Morgan fingerprint density at radius 2 is 2.26 bits per heavy atom. The van der Waals surface area contributed by atoms with Crippen molar-refractivity contribution in [1.82, 2.24) is 4.98 Å². The van der Waals surface area contributed by atoms with Gasteiger partial charge in [0.05, 0.1) is 5.69 Å². The number of hydrogen-bond donors (Lipinski definition) is 2. The number of aryl methyl sites for hydroxylation is 2. The van der Waals surface area contributed by atoms with Crippen molar-refractivity contribution in [2.45, 2.75) is 20.3 Å². The topological polar surface area (TPSA) is 67.2 Å². The number of carbonyl (C=O) groups excluding carboxylic acids is 1. The van der Waals surface area contributed by atoms with Gasteiger partial charge in [-0.2, -0.15) is 0 Å². The fraction of sp³-hybridized carbons (Fsp3) is 0.286. The van der Waals surface area contributed by atoms with Gasteiger partial charge in [0.1, 0.15) is 0 Å². The van der Waals surface area contributed by atoms with E-state index in [1.165, 1.54) is 5.56 Å². The number of aromatic nitrogens is 1. The van der Waals surface area contributed by atoms with Crippen LogP contribution in [0.3, 0.4) is 0 Å². The monoisotopic (exact) mass is 257 g/mol. The molecule has 2 heterocycles. The van der Waals surface area contributed by atoms with Crippen LogP contribution in [0.5, 0.6) is 0 Å². The number of nitrogens with one attached hydrogen (secondary N) is 2. The molecule has 2 N–H and O–H groups in total. The highest BCUT2D eigenvalue weighted by Crippen LogP contribution is 2.25. The Bertz CT molecular complexity index is 646. The van der Waals surface area contributed by atoms with Crippen molar-refractivity contribution in [2.24, 2.45) is 0 Å². The molecule has 0 atom stereocenters. The van der Waals surface area contributed by atoms with E-state index in [4.69, 9.17) is 4.42 Å². The third-order valence-electron chi connectivity index (χ3n) is 3.18. The summed E-state index contributed by atoms with van der Waals surface area (Å²) in [7, 11) is 0. The molecule has 19 heavy (non-hydrogen) atoms. The van der Waals surface area contributed by atoms with Gasteiger partial charge < -0.3 is 15.1 Å². The van der Waals surface area contributed by atoms with Gasteiger partial charge in [-0.05, 0) is 37.1 Å². The van der Waals surface area contributed by atoms with Crippen LogP contribution in [0, 0.1) is 13.8 Å². The van der Waals surface area contributed by atoms with E-state index in [0.29, 0.717) is 11.6 Å². The second-order valence-electron chi connectivity index (χ2n) is 4.65. The van der Waals surface area contributed by atoms with Crippen LogP contribution in [0.1, 0.15) is 27.7 Å². The first-order valence-corrected chi connectivity index (χ1v) is 6.25. The third kappa shape index (κ3) is 2.19. The highest BCUT2D eigenvalue weighted by molar-refractivity contribution is 6.03. The maximum Gasteiger partial charge on any atom is 0.293 e. The average Bonchev–Trinajstić information content (AvgIpc) is 2.94. The van der Waals surface area contributed by atoms with E-state index in [2.05, 4.69) is 15.6 Å². The summed E-state index contributed by atoms with van der Waals surface area (Å²) in [5.41, 5.74) is 3.76. The Morgan fingerprint density at radius 1 is 1.42 bits per heavy atom. The molecule has 1 aliphatic heterocycles. The number of benzene rings is 1. The molecular weight excluding hydrogens is 242 g/mol. The zero-order valence-electron chi connectivity index (χ0n) is 10.9. The van der Waals surface area contributed by atoms with Gasteiger partial charge in [-0.15, -0.1) is 0 Å². The Morgan fingerprint density at radius 3 is 3.00 bits per heavy atom. The van der Waals surface area contributed by atoms with Gasteiger partial charge in [0.15, 0.2) is 5.89 Å². The summed E-state index contributed by atoms with van der Waals surface area (Å²) in [6, 6.07) is 5.86. The van der Waals surface area contributed by atoms with Crippen LogP contribution in [0.2, 0.25) is 0 Å². The smallest absolute Gasteiger partial charge is 0.293 e. The number of hydrogen-bond acceptors (Lipinski definition) is 4. The summed E-state index contributed by atoms with van der Waals surface area (Å²) in [5, 5.41) is 6.13. The van der Waals surface area contributed by atoms with E-state index >= 15 is 0 Å². The number of fused-ring (bicyclic) bond motifs is 1.